The maximum atomic E-state index is 12.4. The monoisotopic (exact) mass is 539 g/mol. The lowest BCUT2D eigenvalue weighted by Crippen LogP contribution is -2.05. The first-order valence-corrected chi connectivity index (χ1v) is 11.2. The van der Waals surface area contributed by atoms with Gasteiger partial charge in [-0.05, 0) is 77.9 Å². The first-order valence-electron chi connectivity index (χ1n) is 10.1. The first kappa shape index (κ1) is 22.1. The third-order valence-electron chi connectivity index (χ3n) is 4.94. The lowest BCUT2D eigenvalue weighted by Gasteiger charge is -2.14. The van der Waals surface area contributed by atoms with Crippen molar-refractivity contribution in [3.8, 4) is 11.5 Å². The molecule has 0 bridgehead atoms. The van der Waals surface area contributed by atoms with Gasteiger partial charge in [0.2, 0.25) is 5.90 Å². The maximum absolute atomic E-state index is 12.4. The normalized spacial score (nSPS) is 14.3. The predicted octanol–water partition coefficient (Wildman–Crippen LogP) is 5.84. The molecule has 1 aliphatic rings. The third-order valence-corrected chi connectivity index (χ3v) is 5.74. The van der Waals surface area contributed by atoms with Gasteiger partial charge in [-0.2, -0.15) is 0 Å². The Kier molecular flexibility index (Phi) is 6.60. The average molecular weight is 539 g/mol. The summed E-state index contributed by atoms with van der Waals surface area (Å²) in [6.45, 7) is 4.49. The highest BCUT2D eigenvalue weighted by molar-refractivity contribution is 14.1. The van der Waals surface area contributed by atoms with Crippen LogP contribution in [0.25, 0.3) is 6.08 Å². The van der Waals surface area contributed by atoms with E-state index in [1.807, 2.05) is 55.5 Å². The molecule has 0 saturated carbocycles. The van der Waals surface area contributed by atoms with Gasteiger partial charge in [-0.3, -0.25) is 0 Å². The van der Waals surface area contributed by atoms with Gasteiger partial charge in [-0.25, -0.2) is 9.79 Å². The van der Waals surface area contributed by atoms with Crippen molar-refractivity contribution in [2.75, 3.05) is 7.11 Å². The highest BCUT2D eigenvalue weighted by Gasteiger charge is 2.24. The van der Waals surface area contributed by atoms with Gasteiger partial charge in [-0.1, -0.05) is 47.5 Å². The molecule has 5 nitrogen and oxygen atoms in total. The average Bonchev–Trinajstić information content (AvgIpc) is 3.13. The van der Waals surface area contributed by atoms with Crippen LogP contribution in [0.15, 0.2) is 71.4 Å². The summed E-state index contributed by atoms with van der Waals surface area (Å²) in [5.74, 6) is 1.08. The summed E-state index contributed by atoms with van der Waals surface area (Å²) >= 11 is 2.21. The minimum Gasteiger partial charge on any atom is -0.493 e. The second kappa shape index (κ2) is 9.56. The number of hydrogen-bond acceptors (Lipinski definition) is 5. The van der Waals surface area contributed by atoms with E-state index in [0.717, 1.165) is 25.8 Å². The number of carbonyl (C=O) groups excluding carboxylic acids is 1. The lowest BCUT2D eigenvalue weighted by atomic mass is 10.1. The second-order valence-electron chi connectivity index (χ2n) is 7.51. The van der Waals surface area contributed by atoms with E-state index in [1.165, 1.54) is 5.56 Å². The molecule has 0 fully saturated rings. The molecule has 3 aromatic carbocycles. The number of aryl methyl sites for hydroxylation is 2. The first-order chi connectivity index (χ1) is 15.4. The zero-order valence-electron chi connectivity index (χ0n) is 18.0. The highest BCUT2D eigenvalue weighted by atomic mass is 127. The molecule has 32 heavy (non-hydrogen) atoms. The Morgan fingerprint density at radius 1 is 1.03 bits per heavy atom. The number of halogens is 1. The Labute approximate surface area is 200 Å². The molecule has 0 aliphatic carbocycles. The minimum absolute atomic E-state index is 0.242. The van der Waals surface area contributed by atoms with Crippen LogP contribution in [0.2, 0.25) is 0 Å². The third kappa shape index (κ3) is 5.02. The van der Waals surface area contributed by atoms with Crippen LogP contribution in [0.4, 0.5) is 0 Å². The fraction of sp³-hybridized carbons (Fsp3) is 0.154. The summed E-state index contributed by atoms with van der Waals surface area (Å²) in [4.78, 5) is 16.7. The van der Waals surface area contributed by atoms with Gasteiger partial charge in [0.25, 0.3) is 0 Å². The van der Waals surface area contributed by atoms with Gasteiger partial charge in [0, 0.05) is 5.56 Å². The van der Waals surface area contributed by atoms with E-state index in [1.54, 1.807) is 13.2 Å². The fourth-order valence-electron chi connectivity index (χ4n) is 3.31. The summed E-state index contributed by atoms with van der Waals surface area (Å²) in [6.07, 6.45) is 1.69. The highest BCUT2D eigenvalue weighted by Crippen LogP contribution is 2.35. The van der Waals surface area contributed by atoms with Crippen molar-refractivity contribution >= 4 is 40.5 Å². The molecule has 0 unspecified atom stereocenters. The molecule has 1 aliphatic heterocycles. The van der Waals surface area contributed by atoms with Gasteiger partial charge in [0.15, 0.2) is 17.2 Å². The van der Waals surface area contributed by atoms with E-state index < -0.39 is 5.97 Å². The minimum atomic E-state index is -0.477. The van der Waals surface area contributed by atoms with Crippen LogP contribution < -0.4 is 9.47 Å². The van der Waals surface area contributed by atoms with Gasteiger partial charge in [0.1, 0.15) is 6.61 Å². The lowest BCUT2D eigenvalue weighted by molar-refractivity contribution is -0.129. The summed E-state index contributed by atoms with van der Waals surface area (Å²) in [5.41, 5.74) is 5.17. The van der Waals surface area contributed by atoms with Crippen molar-refractivity contribution in [2.45, 2.75) is 20.5 Å². The number of esters is 1. The molecule has 1 heterocycles. The van der Waals surface area contributed by atoms with Crippen LogP contribution in [0.3, 0.4) is 0 Å². The molecule has 4 rings (SSSR count). The molecule has 0 radical (unpaired) electrons. The molecular formula is C26H22INO4. The Morgan fingerprint density at radius 3 is 2.53 bits per heavy atom. The smallest absolute Gasteiger partial charge is 0.363 e. The number of carbonyl (C=O) groups is 1. The topological polar surface area (TPSA) is 57.1 Å². The van der Waals surface area contributed by atoms with Gasteiger partial charge in [-0.15, -0.1) is 0 Å². The number of hydrogen-bond donors (Lipinski definition) is 0. The van der Waals surface area contributed by atoms with Crippen molar-refractivity contribution in [3.05, 3.63) is 97.7 Å². The number of aliphatic imine (C=N–C) groups is 1. The largest absolute Gasteiger partial charge is 0.493 e. The molecule has 0 saturated heterocycles. The summed E-state index contributed by atoms with van der Waals surface area (Å²) in [7, 11) is 1.60. The number of ether oxygens (including phenoxy) is 3. The van der Waals surface area contributed by atoms with Crippen LogP contribution in [0, 0.1) is 17.4 Å². The molecule has 6 heteroatoms. The molecular weight excluding hydrogens is 517 g/mol. The molecule has 3 aromatic rings. The van der Waals surface area contributed by atoms with E-state index in [2.05, 4.69) is 46.6 Å². The fourth-order valence-corrected chi connectivity index (χ4v) is 4.09. The molecule has 0 amide bonds. The summed E-state index contributed by atoms with van der Waals surface area (Å²) in [6, 6.07) is 19.6. The molecule has 0 atom stereocenters. The number of benzene rings is 3. The van der Waals surface area contributed by atoms with Crippen LogP contribution in [-0.2, 0) is 16.1 Å². The van der Waals surface area contributed by atoms with Crippen molar-refractivity contribution in [3.63, 3.8) is 0 Å². The summed E-state index contributed by atoms with van der Waals surface area (Å²) in [5, 5.41) is 0. The van der Waals surface area contributed by atoms with E-state index in [9.17, 15) is 4.79 Å². The Bertz CT molecular complexity index is 1230. The SMILES string of the molecule is COc1cc(/C=C2\N=C(c3ccc(C)cc3)OC2=O)cc(I)c1OCc1cccc(C)c1. The zero-order chi connectivity index (χ0) is 22.7. The molecule has 162 valence electrons. The van der Waals surface area contributed by atoms with Gasteiger partial charge >= 0.3 is 5.97 Å². The van der Waals surface area contributed by atoms with Crippen LogP contribution in [-0.4, -0.2) is 19.0 Å². The number of rotatable bonds is 6. The zero-order valence-corrected chi connectivity index (χ0v) is 20.2. The van der Waals surface area contributed by atoms with Gasteiger partial charge in [0.05, 0.1) is 10.7 Å². The van der Waals surface area contributed by atoms with E-state index in [-0.39, 0.29) is 5.70 Å². The second-order valence-corrected chi connectivity index (χ2v) is 8.68. The van der Waals surface area contributed by atoms with Crippen LogP contribution in [0.1, 0.15) is 27.8 Å². The summed E-state index contributed by atoms with van der Waals surface area (Å²) < 4.78 is 17.9. The molecule has 0 aromatic heterocycles. The van der Waals surface area contributed by atoms with E-state index in [0.29, 0.717) is 24.0 Å². The van der Waals surface area contributed by atoms with Crippen molar-refractivity contribution in [1.29, 1.82) is 0 Å². The predicted molar refractivity (Wildman–Crippen MR) is 133 cm³/mol. The van der Waals surface area contributed by atoms with Crippen molar-refractivity contribution < 1.29 is 19.0 Å². The number of methoxy groups -OCH3 is 1. The van der Waals surface area contributed by atoms with E-state index in [4.69, 9.17) is 14.2 Å². The quantitative estimate of drug-likeness (QED) is 0.225. The van der Waals surface area contributed by atoms with Crippen LogP contribution in [0.5, 0.6) is 11.5 Å². The maximum Gasteiger partial charge on any atom is 0.363 e. The Balaban J connectivity index is 1.59. The molecule has 0 spiro atoms. The standard InChI is InChI=1S/C26H22INO4/c1-16-7-9-20(10-8-16)25-28-22(26(29)32-25)13-19-12-21(27)24(23(14-19)30-3)31-15-18-6-4-5-17(2)11-18/h4-14H,15H2,1-3H3/b22-13-. The van der Waals surface area contributed by atoms with Crippen LogP contribution >= 0.6 is 22.6 Å². The van der Waals surface area contributed by atoms with Gasteiger partial charge < -0.3 is 14.2 Å². The number of cyclic esters (lactones) is 1. The van der Waals surface area contributed by atoms with Crippen molar-refractivity contribution in [1.82, 2.24) is 0 Å². The Morgan fingerprint density at radius 2 is 1.81 bits per heavy atom. The Hall–Kier alpha value is -3.13. The number of nitrogens with zero attached hydrogens (tertiary/aromatic N) is 1. The molecule has 0 N–H and O–H groups in total. The van der Waals surface area contributed by atoms with Crippen molar-refractivity contribution in [2.24, 2.45) is 4.99 Å². The van der Waals surface area contributed by atoms with E-state index >= 15 is 0 Å².